The molecule has 0 spiro atoms. The highest BCUT2D eigenvalue weighted by Crippen LogP contribution is 2.21. The molecule has 0 saturated carbocycles. The van der Waals surface area contributed by atoms with Crippen molar-refractivity contribution in [2.24, 2.45) is 0 Å². The van der Waals surface area contributed by atoms with Gasteiger partial charge in [0.05, 0.1) is 18.8 Å². The van der Waals surface area contributed by atoms with Crippen molar-refractivity contribution < 1.29 is 10.2 Å². The molecule has 0 aliphatic rings. The average molecular weight is 302 g/mol. The molecule has 0 saturated heterocycles. The van der Waals surface area contributed by atoms with Crippen LogP contribution >= 0.6 is 15.9 Å². The van der Waals surface area contributed by atoms with Crippen LogP contribution in [0.5, 0.6) is 0 Å². The summed E-state index contributed by atoms with van der Waals surface area (Å²) in [4.78, 5) is 12.1. The lowest BCUT2D eigenvalue weighted by molar-refractivity contribution is 0.0210. The molecule has 0 fully saturated rings. The van der Waals surface area contributed by atoms with E-state index in [1.807, 2.05) is 0 Å². The van der Waals surface area contributed by atoms with E-state index in [0.29, 0.717) is 15.9 Å². The topological polar surface area (TPSA) is 110 Å². The summed E-state index contributed by atoms with van der Waals surface area (Å²) in [7, 11) is 0. The molecule has 0 aromatic carbocycles. The van der Waals surface area contributed by atoms with Crippen molar-refractivity contribution in [1.82, 2.24) is 19.5 Å². The van der Waals surface area contributed by atoms with E-state index in [0.717, 1.165) is 0 Å². The van der Waals surface area contributed by atoms with Gasteiger partial charge in [0.2, 0.25) is 0 Å². The Hall–Kier alpha value is -1.25. The monoisotopic (exact) mass is 301 g/mol. The number of aromatic nitrogens is 4. The SMILES string of the molecule is C[C@H](O)[C@@H](O)Cn1c(Br)nc2c(N)ncnc21. The van der Waals surface area contributed by atoms with E-state index in [1.54, 1.807) is 4.57 Å². The second-order valence-corrected chi connectivity index (χ2v) is 4.44. The number of imidazole rings is 1. The minimum Gasteiger partial charge on any atom is -0.391 e. The van der Waals surface area contributed by atoms with Gasteiger partial charge in [-0.25, -0.2) is 15.0 Å². The van der Waals surface area contributed by atoms with Crippen LogP contribution in [0.2, 0.25) is 0 Å². The smallest absolute Gasteiger partial charge is 0.179 e. The highest BCUT2D eigenvalue weighted by Gasteiger charge is 2.18. The van der Waals surface area contributed by atoms with E-state index in [1.165, 1.54) is 13.3 Å². The number of anilines is 1. The zero-order chi connectivity index (χ0) is 12.6. The second-order valence-electron chi connectivity index (χ2n) is 3.73. The molecule has 17 heavy (non-hydrogen) atoms. The molecule has 2 atom stereocenters. The Morgan fingerprint density at radius 3 is 2.82 bits per heavy atom. The number of aliphatic hydroxyl groups excluding tert-OH is 2. The predicted molar refractivity (Wildman–Crippen MR) is 65.1 cm³/mol. The van der Waals surface area contributed by atoms with Gasteiger partial charge >= 0.3 is 0 Å². The van der Waals surface area contributed by atoms with Gasteiger partial charge in [0.1, 0.15) is 6.33 Å². The first-order valence-electron chi connectivity index (χ1n) is 4.99. The van der Waals surface area contributed by atoms with Gasteiger partial charge in [0, 0.05) is 0 Å². The molecular formula is C9H12BrN5O2. The summed E-state index contributed by atoms with van der Waals surface area (Å²) in [6.07, 6.45) is -0.407. The fourth-order valence-corrected chi connectivity index (χ4v) is 1.92. The fraction of sp³-hybridized carbons (Fsp3) is 0.444. The first-order valence-corrected chi connectivity index (χ1v) is 5.78. The molecule has 2 rings (SSSR count). The Balaban J connectivity index is 2.47. The Kier molecular flexibility index (Phi) is 3.27. The highest BCUT2D eigenvalue weighted by molar-refractivity contribution is 9.10. The molecule has 2 aromatic rings. The number of hydrogen-bond donors (Lipinski definition) is 3. The van der Waals surface area contributed by atoms with Crippen molar-refractivity contribution in [2.75, 3.05) is 5.73 Å². The summed E-state index contributed by atoms with van der Waals surface area (Å²) in [6.45, 7) is 1.69. The van der Waals surface area contributed by atoms with Gasteiger partial charge in [-0.05, 0) is 22.9 Å². The number of hydrogen-bond acceptors (Lipinski definition) is 6. The molecular weight excluding hydrogens is 290 g/mol. The fourth-order valence-electron chi connectivity index (χ4n) is 1.43. The molecule has 8 heteroatoms. The molecule has 0 bridgehead atoms. The molecule has 0 amide bonds. The maximum Gasteiger partial charge on any atom is 0.179 e. The van der Waals surface area contributed by atoms with Gasteiger partial charge in [-0.1, -0.05) is 0 Å². The number of aliphatic hydroxyl groups is 2. The van der Waals surface area contributed by atoms with Crippen molar-refractivity contribution >= 4 is 32.9 Å². The molecule has 4 N–H and O–H groups in total. The number of halogens is 1. The van der Waals surface area contributed by atoms with Crippen LogP contribution in [0.15, 0.2) is 11.1 Å². The van der Waals surface area contributed by atoms with E-state index in [-0.39, 0.29) is 12.4 Å². The number of rotatable bonds is 3. The van der Waals surface area contributed by atoms with Crippen molar-refractivity contribution in [3.05, 3.63) is 11.1 Å². The third kappa shape index (κ3) is 2.24. The van der Waals surface area contributed by atoms with Crippen LogP contribution in [0.25, 0.3) is 11.2 Å². The van der Waals surface area contributed by atoms with Crippen LogP contribution in [0.3, 0.4) is 0 Å². The van der Waals surface area contributed by atoms with Crippen molar-refractivity contribution in [3.8, 4) is 0 Å². The van der Waals surface area contributed by atoms with Gasteiger partial charge in [0.15, 0.2) is 21.7 Å². The quantitative estimate of drug-likeness (QED) is 0.684. The Morgan fingerprint density at radius 2 is 2.18 bits per heavy atom. The van der Waals surface area contributed by atoms with Crippen LogP contribution in [-0.4, -0.2) is 41.9 Å². The minimum atomic E-state index is -0.903. The van der Waals surface area contributed by atoms with E-state index >= 15 is 0 Å². The minimum absolute atomic E-state index is 0.172. The van der Waals surface area contributed by atoms with E-state index < -0.39 is 12.2 Å². The van der Waals surface area contributed by atoms with E-state index in [9.17, 15) is 10.2 Å². The highest BCUT2D eigenvalue weighted by atomic mass is 79.9. The molecule has 2 aromatic heterocycles. The summed E-state index contributed by atoms with van der Waals surface area (Å²) >= 11 is 3.26. The summed E-state index contributed by atoms with van der Waals surface area (Å²) in [5.41, 5.74) is 6.66. The average Bonchev–Trinajstić information content (AvgIpc) is 2.58. The lowest BCUT2D eigenvalue weighted by Gasteiger charge is -2.14. The van der Waals surface area contributed by atoms with Crippen LogP contribution in [0.1, 0.15) is 6.92 Å². The standard InChI is InChI=1S/C9H12BrN5O2/c1-4(16)5(17)2-15-8-6(14-9(15)10)7(11)12-3-13-8/h3-5,16-17H,2H2,1H3,(H2,11,12,13)/t4-,5-/m0/s1. The summed E-state index contributed by atoms with van der Waals surface area (Å²) in [5.74, 6) is 0.279. The van der Waals surface area contributed by atoms with E-state index in [2.05, 4.69) is 30.9 Å². The predicted octanol–water partition coefficient (Wildman–Crippen LogP) is -0.0873. The zero-order valence-corrected chi connectivity index (χ0v) is 10.7. The lowest BCUT2D eigenvalue weighted by Crippen LogP contribution is -2.27. The number of nitrogens with zero attached hydrogens (tertiary/aromatic N) is 4. The van der Waals surface area contributed by atoms with Crippen molar-refractivity contribution in [1.29, 1.82) is 0 Å². The molecule has 2 heterocycles. The zero-order valence-electron chi connectivity index (χ0n) is 9.08. The number of fused-ring (bicyclic) bond motifs is 1. The first-order chi connectivity index (χ1) is 8.00. The maximum atomic E-state index is 9.66. The Morgan fingerprint density at radius 1 is 1.47 bits per heavy atom. The van der Waals surface area contributed by atoms with Gasteiger partial charge in [-0.3, -0.25) is 0 Å². The second kappa shape index (κ2) is 4.55. The Bertz CT molecular complexity index is 541. The van der Waals surface area contributed by atoms with Crippen molar-refractivity contribution in [2.45, 2.75) is 25.7 Å². The molecule has 0 unspecified atom stereocenters. The van der Waals surface area contributed by atoms with Crippen LogP contribution in [0.4, 0.5) is 5.82 Å². The maximum absolute atomic E-state index is 9.66. The molecule has 0 aliphatic carbocycles. The molecule has 0 aliphatic heterocycles. The third-order valence-corrected chi connectivity index (χ3v) is 3.05. The lowest BCUT2D eigenvalue weighted by atomic mass is 10.2. The van der Waals surface area contributed by atoms with Gasteiger partial charge < -0.3 is 20.5 Å². The van der Waals surface area contributed by atoms with Gasteiger partial charge in [-0.2, -0.15) is 0 Å². The summed E-state index contributed by atoms with van der Waals surface area (Å²) in [6, 6.07) is 0. The van der Waals surface area contributed by atoms with Gasteiger partial charge in [0.25, 0.3) is 0 Å². The Labute approximate surface area is 105 Å². The van der Waals surface area contributed by atoms with Crippen LogP contribution in [-0.2, 0) is 6.54 Å². The number of nitrogens with two attached hydrogens (primary N) is 1. The van der Waals surface area contributed by atoms with Crippen molar-refractivity contribution in [3.63, 3.8) is 0 Å². The summed E-state index contributed by atoms with van der Waals surface area (Å²) < 4.78 is 2.12. The third-order valence-electron chi connectivity index (χ3n) is 2.44. The van der Waals surface area contributed by atoms with Gasteiger partial charge in [-0.15, -0.1) is 0 Å². The number of nitrogen functional groups attached to an aromatic ring is 1. The van der Waals surface area contributed by atoms with Crippen LogP contribution in [0, 0.1) is 0 Å². The van der Waals surface area contributed by atoms with E-state index in [4.69, 9.17) is 5.73 Å². The first kappa shape index (κ1) is 12.2. The largest absolute Gasteiger partial charge is 0.391 e. The van der Waals surface area contributed by atoms with Crippen LogP contribution < -0.4 is 5.73 Å². The molecule has 0 radical (unpaired) electrons. The summed E-state index contributed by atoms with van der Waals surface area (Å²) in [5, 5.41) is 18.9. The molecule has 92 valence electrons. The molecule has 7 nitrogen and oxygen atoms in total. The normalized spacial score (nSPS) is 15.1.